The Labute approximate surface area is 106 Å². The third-order valence-corrected chi connectivity index (χ3v) is 3.41. The van der Waals surface area contributed by atoms with Gasteiger partial charge in [-0.15, -0.1) is 0 Å². The molecule has 1 saturated carbocycles. The highest BCUT2D eigenvalue weighted by atomic mass is 16.6. The number of nitrogens with zero attached hydrogens (tertiary/aromatic N) is 1. The second-order valence-corrected chi connectivity index (χ2v) is 4.82. The maximum Gasteiger partial charge on any atom is 0.276 e. The first-order valence-electron chi connectivity index (χ1n) is 6.24. The van der Waals surface area contributed by atoms with Crippen molar-refractivity contribution < 1.29 is 9.66 Å². The summed E-state index contributed by atoms with van der Waals surface area (Å²) in [6.45, 7) is 1.72. The Bertz CT molecular complexity index is 448. The average Bonchev–Trinajstić information content (AvgIpc) is 2.31. The molecule has 0 bridgehead atoms. The standard InChI is InChI=1S/C13H18N2O3/c1-9-12(15(16)17)6-3-7-13(9)18-11-5-2-4-10(14)8-11/h3,6-7,10-11H,2,4-5,8,14H2,1H3. The first kappa shape index (κ1) is 12.8. The predicted octanol–water partition coefficient (Wildman–Crippen LogP) is 2.55. The molecule has 0 radical (unpaired) electrons. The number of hydrogen-bond donors (Lipinski definition) is 1. The van der Waals surface area contributed by atoms with Crippen LogP contribution >= 0.6 is 0 Å². The summed E-state index contributed by atoms with van der Waals surface area (Å²) in [5, 5.41) is 10.8. The summed E-state index contributed by atoms with van der Waals surface area (Å²) in [5.41, 5.74) is 6.60. The highest BCUT2D eigenvalue weighted by molar-refractivity contribution is 5.48. The molecule has 1 aromatic carbocycles. The predicted molar refractivity (Wildman–Crippen MR) is 68.7 cm³/mol. The number of nitro groups is 1. The highest BCUT2D eigenvalue weighted by Gasteiger charge is 2.22. The molecule has 0 spiro atoms. The smallest absolute Gasteiger partial charge is 0.276 e. The summed E-state index contributed by atoms with van der Waals surface area (Å²) >= 11 is 0. The first-order chi connectivity index (χ1) is 8.58. The van der Waals surface area contributed by atoms with Crippen LogP contribution in [-0.4, -0.2) is 17.1 Å². The second kappa shape index (κ2) is 5.35. The minimum Gasteiger partial charge on any atom is -0.490 e. The molecule has 5 nitrogen and oxygen atoms in total. The lowest BCUT2D eigenvalue weighted by Gasteiger charge is -2.27. The SMILES string of the molecule is Cc1c(OC2CCCC(N)C2)cccc1[N+](=O)[O-]. The number of rotatable bonds is 3. The minimum absolute atomic E-state index is 0.0782. The van der Waals surface area contributed by atoms with Crippen LogP contribution in [-0.2, 0) is 0 Å². The minimum atomic E-state index is -0.380. The molecule has 5 heteroatoms. The van der Waals surface area contributed by atoms with Gasteiger partial charge in [-0.2, -0.15) is 0 Å². The number of nitro benzene ring substituents is 1. The summed E-state index contributed by atoms with van der Waals surface area (Å²) in [6.07, 6.45) is 3.96. The van der Waals surface area contributed by atoms with Crippen LogP contribution in [0.2, 0.25) is 0 Å². The van der Waals surface area contributed by atoms with E-state index in [0.29, 0.717) is 11.3 Å². The fraction of sp³-hybridized carbons (Fsp3) is 0.538. The van der Waals surface area contributed by atoms with Gasteiger partial charge in [-0.25, -0.2) is 0 Å². The van der Waals surface area contributed by atoms with Crippen molar-refractivity contribution in [2.45, 2.75) is 44.8 Å². The van der Waals surface area contributed by atoms with Crippen molar-refractivity contribution in [3.8, 4) is 5.75 Å². The molecule has 18 heavy (non-hydrogen) atoms. The van der Waals surface area contributed by atoms with Gasteiger partial charge >= 0.3 is 0 Å². The van der Waals surface area contributed by atoms with E-state index in [2.05, 4.69) is 0 Å². The maximum absolute atomic E-state index is 10.8. The molecule has 1 aliphatic rings. The van der Waals surface area contributed by atoms with Crippen LogP contribution < -0.4 is 10.5 Å². The molecule has 2 rings (SSSR count). The molecular formula is C13H18N2O3. The molecule has 0 amide bonds. The molecule has 0 aliphatic heterocycles. The highest BCUT2D eigenvalue weighted by Crippen LogP contribution is 2.30. The van der Waals surface area contributed by atoms with E-state index in [1.165, 1.54) is 6.07 Å². The van der Waals surface area contributed by atoms with Gasteiger partial charge in [0.15, 0.2) is 0 Å². The van der Waals surface area contributed by atoms with Crippen molar-refractivity contribution >= 4 is 5.69 Å². The second-order valence-electron chi connectivity index (χ2n) is 4.82. The van der Waals surface area contributed by atoms with Crippen molar-refractivity contribution in [1.82, 2.24) is 0 Å². The first-order valence-corrected chi connectivity index (χ1v) is 6.24. The summed E-state index contributed by atoms with van der Waals surface area (Å²) in [6, 6.07) is 5.11. The van der Waals surface area contributed by atoms with Gasteiger partial charge in [0.25, 0.3) is 5.69 Å². The Morgan fingerprint density at radius 2 is 2.22 bits per heavy atom. The van der Waals surface area contributed by atoms with E-state index < -0.39 is 0 Å². The molecule has 1 aromatic rings. The molecule has 1 aliphatic carbocycles. The largest absolute Gasteiger partial charge is 0.490 e. The van der Waals surface area contributed by atoms with Crippen LogP contribution in [0.4, 0.5) is 5.69 Å². The van der Waals surface area contributed by atoms with Crippen LogP contribution in [0.3, 0.4) is 0 Å². The van der Waals surface area contributed by atoms with Crippen molar-refractivity contribution in [1.29, 1.82) is 0 Å². The fourth-order valence-electron chi connectivity index (χ4n) is 2.40. The molecule has 2 N–H and O–H groups in total. The van der Waals surface area contributed by atoms with E-state index in [9.17, 15) is 10.1 Å². The van der Waals surface area contributed by atoms with Crippen molar-refractivity contribution in [3.63, 3.8) is 0 Å². The Morgan fingerprint density at radius 3 is 2.89 bits per heavy atom. The van der Waals surface area contributed by atoms with E-state index in [1.807, 2.05) is 0 Å². The summed E-state index contributed by atoms with van der Waals surface area (Å²) in [4.78, 5) is 10.5. The van der Waals surface area contributed by atoms with Crippen LogP contribution in [0.5, 0.6) is 5.75 Å². The van der Waals surface area contributed by atoms with Gasteiger partial charge in [-0.05, 0) is 38.7 Å². The number of hydrogen-bond acceptors (Lipinski definition) is 4. The van der Waals surface area contributed by atoms with Crippen molar-refractivity contribution in [3.05, 3.63) is 33.9 Å². The zero-order valence-electron chi connectivity index (χ0n) is 10.5. The lowest BCUT2D eigenvalue weighted by molar-refractivity contribution is -0.385. The molecule has 0 heterocycles. The van der Waals surface area contributed by atoms with Crippen LogP contribution in [0.25, 0.3) is 0 Å². The lowest BCUT2D eigenvalue weighted by Crippen LogP contribution is -2.33. The van der Waals surface area contributed by atoms with Crippen molar-refractivity contribution in [2.24, 2.45) is 5.73 Å². The third kappa shape index (κ3) is 2.79. The number of benzene rings is 1. The van der Waals surface area contributed by atoms with Crippen LogP contribution in [0.15, 0.2) is 18.2 Å². The zero-order valence-corrected chi connectivity index (χ0v) is 10.5. The normalized spacial score (nSPS) is 23.7. The van der Waals surface area contributed by atoms with E-state index in [0.717, 1.165) is 25.7 Å². The van der Waals surface area contributed by atoms with Gasteiger partial charge in [-0.3, -0.25) is 10.1 Å². The van der Waals surface area contributed by atoms with Gasteiger partial charge < -0.3 is 10.5 Å². The maximum atomic E-state index is 10.8. The number of ether oxygens (including phenoxy) is 1. The van der Waals surface area contributed by atoms with Gasteiger partial charge in [-0.1, -0.05) is 6.07 Å². The quantitative estimate of drug-likeness (QED) is 0.660. The molecule has 1 fully saturated rings. The molecule has 98 valence electrons. The van der Waals surface area contributed by atoms with Crippen molar-refractivity contribution in [2.75, 3.05) is 0 Å². The lowest BCUT2D eigenvalue weighted by atomic mass is 9.93. The van der Waals surface area contributed by atoms with Gasteiger partial charge in [0, 0.05) is 12.1 Å². The monoisotopic (exact) mass is 250 g/mol. The van der Waals surface area contributed by atoms with E-state index >= 15 is 0 Å². The summed E-state index contributed by atoms with van der Waals surface area (Å²) in [7, 11) is 0. The van der Waals surface area contributed by atoms with E-state index in [1.54, 1.807) is 19.1 Å². The van der Waals surface area contributed by atoms with Crippen LogP contribution in [0.1, 0.15) is 31.2 Å². The zero-order chi connectivity index (χ0) is 13.1. The third-order valence-electron chi connectivity index (χ3n) is 3.41. The molecule has 0 saturated heterocycles. The summed E-state index contributed by atoms with van der Waals surface area (Å²) in [5.74, 6) is 0.600. The van der Waals surface area contributed by atoms with Crippen LogP contribution in [0, 0.1) is 17.0 Å². The van der Waals surface area contributed by atoms with Gasteiger partial charge in [0.05, 0.1) is 10.5 Å². The topological polar surface area (TPSA) is 78.4 Å². The average molecular weight is 250 g/mol. The molecule has 2 unspecified atom stereocenters. The Hall–Kier alpha value is -1.62. The molecular weight excluding hydrogens is 232 g/mol. The van der Waals surface area contributed by atoms with E-state index in [4.69, 9.17) is 10.5 Å². The molecule has 2 atom stereocenters. The summed E-state index contributed by atoms with van der Waals surface area (Å²) < 4.78 is 5.86. The fourth-order valence-corrected chi connectivity index (χ4v) is 2.40. The Kier molecular flexibility index (Phi) is 3.81. The number of nitrogens with two attached hydrogens (primary N) is 1. The van der Waals surface area contributed by atoms with E-state index in [-0.39, 0.29) is 22.8 Å². The van der Waals surface area contributed by atoms with Gasteiger partial charge in [0.1, 0.15) is 11.9 Å². The Balaban J connectivity index is 2.14. The van der Waals surface area contributed by atoms with Gasteiger partial charge in [0.2, 0.25) is 0 Å². The molecule has 0 aromatic heterocycles. The Morgan fingerprint density at radius 1 is 1.44 bits per heavy atom.